The van der Waals surface area contributed by atoms with Gasteiger partial charge in [-0.3, -0.25) is 4.90 Å². The van der Waals surface area contributed by atoms with Crippen molar-refractivity contribution in [1.29, 1.82) is 5.26 Å². The first kappa shape index (κ1) is 13.8. The van der Waals surface area contributed by atoms with Crippen LogP contribution in [-0.2, 0) is 4.79 Å². The third-order valence-electron chi connectivity index (χ3n) is 4.34. The van der Waals surface area contributed by atoms with Gasteiger partial charge in [0, 0.05) is 6.04 Å². The molecule has 1 N–H and O–H groups in total. The molecule has 2 unspecified atom stereocenters. The number of nitrogens with zero attached hydrogens (tertiary/aromatic N) is 2. The lowest BCUT2D eigenvalue weighted by Crippen LogP contribution is -2.39. The van der Waals surface area contributed by atoms with Crippen molar-refractivity contribution in [3.05, 3.63) is 0 Å². The minimum absolute atomic E-state index is 0.103. The Hall–Kier alpha value is -1.24. The molecule has 1 rings (SSSR count). The lowest BCUT2D eigenvalue weighted by Gasteiger charge is -2.32. The third-order valence-corrected chi connectivity index (χ3v) is 4.34. The van der Waals surface area contributed by atoms with Crippen LogP contribution in [0.5, 0.6) is 0 Å². The van der Waals surface area contributed by atoms with Crippen LogP contribution >= 0.6 is 0 Å². The highest BCUT2D eigenvalue weighted by Crippen LogP contribution is 2.37. The molecular weight excluding hydrogens is 216 g/mol. The normalized spacial score (nSPS) is 24.7. The summed E-state index contributed by atoms with van der Waals surface area (Å²) in [5.41, 5.74) is 0.215. The molecule has 4 heteroatoms. The summed E-state index contributed by atoms with van der Waals surface area (Å²) in [7, 11) is 0. The van der Waals surface area contributed by atoms with Crippen LogP contribution in [0.1, 0.15) is 52.9 Å². The zero-order chi connectivity index (χ0) is 13.1. The molecule has 0 aromatic heterocycles. The predicted molar refractivity (Wildman–Crippen MR) is 65.2 cm³/mol. The average Bonchev–Trinajstić information content (AvgIpc) is 2.71. The van der Waals surface area contributed by atoms with Crippen molar-refractivity contribution in [2.24, 2.45) is 5.41 Å². The summed E-state index contributed by atoms with van der Waals surface area (Å²) in [4.78, 5) is 12.5. The lowest BCUT2D eigenvalue weighted by molar-refractivity contribution is -0.141. The first-order chi connectivity index (χ1) is 7.97. The Morgan fingerprint density at radius 2 is 2.06 bits per heavy atom. The van der Waals surface area contributed by atoms with Crippen LogP contribution in [0.4, 0.5) is 0 Å². The van der Waals surface area contributed by atoms with Crippen molar-refractivity contribution in [3.8, 4) is 6.19 Å². The molecule has 96 valence electrons. The number of carbonyl (C=O) groups is 1. The van der Waals surface area contributed by atoms with Gasteiger partial charge >= 0.3 is 5.97 Å². The van der Waals surface area contributed by atoms with Gasteiger partial charge in [-0.2, -0.15) is 5.26 Å². The topological polar surface area (TPSA) is 64.3 Å². The molecule has 1 fully saturated rings. The van der Waals surface area contributed by atoms with E-state index < -0.39 is 12.0 Å². The number of rotatable bonds is 5. The molecule has 0 aromatic rings. The number of nitriles is 1. The van der Waals surface area contributed by atoms with Gasteiger partial charge in [0.25, 0.3) is 0 Å². The quantitative estimate of drug-likeness (QED) is 0.748. The highest BCUT2D eigenvalue weighted by Gasteiger charge is 2.40. The van der Waals surface area contributed by atoms with Crippen molar-refractivity contribution in [2.75, 3.05) is 0 Å². The lowest BCUT2D eigenvalue weighted by atomic mass is 9.78. The molecule has 0 radical (unpaired) electrons. The van der Waals surface area contributed by atoms with E-state index >= 15 is 0 Å². The van der Waals surface area contributed by atoms with E-state index in [9.17, 15) is 4.79 Å². The molecule has 1 heterocycles. The monoisotopic (exact) mass is 238 g/mol. The van der Waals surface area contributed by atoms with Gasteiger partial charge in [-0.25, -0.2) is 4.79 Å². The van der Waals surface area contributed by atoms with Gasteiger partial charge in [-0.15, -0.1) is 0 Å². The molecule has 2 atom stereocenters. The second-order valence-electron chi connectivity index (χ2n) is 5.31. The van der Waals surface area contributed by atoms with Crippen LogP contribution in [0, 0.1) is 16.9 Å². The van der Waals surface area contributed by atoms with Crippen LogP contribution in [0.15, 0.2) is 0 Å². The first-order valence-corrected chi connectivity index (χ1v) is 6.38. The molecule has 17 heavy (non-hydrogen) atoms. The van der Waals surface area contributed by atoms with E-state index in [1.165, 1.54) is 4.90 Å². The smallest absolute Gasteiger partial charge is 0.327 e. The van der Waals surface area contributed by atoms with Gasteiger partial charge in [-0.05, 0) is 24.7 Å². The largest absolute Gasteiger partial charge is 0.480 e. The summed E-state index contributed by atoms with van der Waals surface area (Å²) in [6.07, 6.45) is 6.53. The Balaban J connectivity index is 2.74. The summed E-state index contributed by atoms with van der Waals surface area (Å²) in [5, 5.41) is 18.2. The maximum atomic E-state index is 11.0. The van der Waals surface area contributed by atoms with Crippen LogP contribution in [-0.4, -0.2) is 28.1 Å². The minimum Gasteiger partial charge on any atom is -0.480 e. The summed E-state index contributed by atoms with van der Waals surface area (Å²) in [6.45, 7) is 6.53. The molecule has 0 aromatic carbocycles. The summed E-state index contributed by atoms with van der Waals surface area (Å²) < 4.78 is 0. The highest BCUT2D eigenvalue weighted by atomic mass is 16.4. The molecule has 4 nitrogen and oxygen atoms in total. The number of hydrogen-bond donors (Lipinski definition) is 1. The molecular formula is C13H22N2O2. The maximum Gasteiger partial charge on any atom is 0.327 e. The molecule has 0 saturated carbocycles. The molecule has 1 saturated heterocycles. The van der Waals surface area contributed by atoms with Gasteiger partial charge in [-0.1, -0.05) is 33.6 Å². The SMILES string of the molecule is CCC(C)(CC)CC1CCC(C(=O)O)N1C#N. The maximum absolute atomic E-state index is 11.0. The van der Waals surface area contributed by atoms with E-state index in [0.29, 0.717) is 6.42 Å². The Morgan fingerprint density at radius 3 is 2.47 bits per heavy atom. The van der Waals surface area contributed by atoms with E-state index in [-0.39, 0.29) is 11.5 Å². The fourth-order valence-electron chi connectivity index (χ4n) is 2.58. The van der Waals surface area contributed by atoms with Gasteiger partial charge in [0.15, 0.2) is 6.19 Å². The Bertz CT molecular complexity index is 318. The fourth-order valence-corrected chi connectivity index (χ4v) is 2.58. The molecule has 0 amide bonds. The van der Waals surface area contributed by atoms with Gasteiger partial charge in [0.1, 0.15) is 6.04 Å². The Morgan fingerprint density at radius 1 is 1.47 bits per heavy atom. The Labute approximate surface area is 103 Å². The van der Waals surface area contributed by atoms with Gasteiger partial charge < -0.3 is 5.11 Å². The van der Waals surface area contributed by atoms with Crippen LogP contribution in [0.3, 0.4) is 0 Å². The number of carboxylic acid groups (broad SMARTS) is 1. The fraction of sp³-hybridized carbons (Fsp3) is 0.846. The van der Waals surface area contributed by atoms with Crippen LogP contribution in [0.2, 0.25) is 0 Å². The van der Waals surface area contributed by atoms with E-state index in [1.807, 2.05) is 0 Å². The molecule has 0 aliphatic carbocycles. The summed E-state index contributed by atoms with van der Waals surface area (Å²) in [6, 6.07) is -0.506. The average molecular weight is 238 g/mol. The molecule has 1 aliphatic rings. The van der Waals surface area contributed by atoms with Gasteiger partial charge in [0.05, 0.1) is 0 Å². The Kier molecular flexibility index (Phi) is 4.39. The molecule has 0 bridgehead atoms. The molecule has 1 aliphatic heterocycles. The van der Waals surface area contributed by atoms with Crippen LogP contribution in [0.25, 0.3) is 0 Å². The molecule has 0 spiro atoms. The summed E-state index contributed by atoms with van der Waals surface area (Å²) in [5.74, 6) is -0.872. The van der Waals surface area contributed by atoms with Crippen molar-refractivity contribution in [2.45, 2.75) is 65.0 Å². The number of hydrogen-bond acceptors (Lipinski definition) is 3. The van der Waals surface area contributed by atoms with Crippen LogP contribution < -0.4 is 0 Å². The third kappa shape index (κ3) is 2.91. The zero-order valence-electron chi connectivity index (χ0n) is 10.9. The minimum atomic E-state index is -0.872. The van der Waals surface area contributed by atoms with E-state index in [4.69, 9.17) is 10.4 Å². The van der Waals surface area contributed by atoms with Crippen molar-refractivity contribution in [1.82, 2.24) is 4.90 Å². The van der Waals surface area contributed by atoms with Crippen molar-refractivity contribution in [3.63, 3.8) is 0 Å². The summed E-state index contributed by atoms with van der Waals surface area (Å²) >= 11 is 0. The highest BCUT2D eigenvalue weighted by molar-refractivity contribution is 5.74. The van der Waals surface area contributed by atoms with E-state index in [1.54, 1.807) is 0 Å². The second kappa shape index (κ2) is 5.39. The zero-order valence-corrected chi connectivity index (χ0v) is 10.9. The predicted octanol–water partition coefficient (Wildman–Crippen LogP) is 2.60. The number of aliphatic carboxylic acids is 1. The number of carboxylic acids is 1. The van der Waals surface area contributed by atoms with Crippen molar-refractivity contribution < 1.29 is 9.90 Å². The first-order valence-electron chi connectivity index (χ1n) is 6.38. The second-order valence-corrected chi connectivity index (χ2v) is 5.31. The van der Waals surface area contributed by atoms with Crippen molar-refractivity contribution >= 4 is 5.97 Å². The van der Waals surface area contributed by atoms with E-state index in [0.717, 1.165) is 25.7 Å². The standard InChI is InChI=1S/C13H22N2O2/c1-4-13(3,5-2)8-10-6-7-11(12(16)17)15(10)9-14/h10-11H,4-8H2,1-3H3,(H,16,17). The number of likely N-dealkylation sites (tertiary alicyclic amines) is 1. The van der Waals surface area contributed by atoms with E-state index in [2.05, 4.69) is 27.0 Å². The van der Waals surface area contributed by atoms with Gasteiger partial charge in [0.2, 0.25) is 0 Å².